The Kier molecular flexibility index (Phi) is 7.17. The lowest BCUT2D eigenvalue weighted by molar-refractivity contribution is -0.137. The summed E-state index contributed by atoms with van der Waals surface area (Å²) in [5.41, 5.74) is 0.416. The summed E-state index contributed by atoms with van der Waals surface area (Å²) < 4.78 is 45.8. The Hall–Kier alpha value is -2.99. The van der Waals surface area contributed by atoms with Crippen LogP contribution in [0.2, 0.25) is 5.02 Å². The number of carbonyl (C=O) groups is 1. The molecule has 0 spiro atoms. The molecule has 0 aliphatic carbocycles. The van der Waals surface area contributed by atoms with E-state index in [4.69, 9.17) is 16.3 Å². The summed E-state index contributed by atoms with van der Waals surface area (Å²) in [6.07, 6.45) is -1.38. The van der Waals surface area contributed by atoms with Crippen LogP contribution in [-0.4, -0.2) is 5.91 Å². The van der Waals surface area contributed by atoms with Gasteiger partial charge in [0.15, 0.2) is 0 Å². The molecule has 0 N–H and O–H groups in total. The molecular weight excluding hydrogens is 463 g/mol. The highest BCUT2D eigenvalue weighted by Gasteiger charge is 2.41. The summed E-state index contributed by atoms with van der Waals surface area (Å²) in [5, 5.41) is 0.605. The number of rotatable bonds is 7. The van der Waals surface area contributed by atoms with Crippen LogP contribution in [0, 0.1) is 5.92 Å². The Morgan fingerprint density at radius 1 is 1.00 bits per heavy atom. The average molecular weight is 488 g/mol. The molecule has 0 radical (unpaired) electrons. The van der Waals surface area contributed by atoms with Crippen molar-refractivity contribution in [3.63, 3.8) is 0 Å². The number of nitrogens with zero attached hydrogens (tertiary/aromatic N) is 1. The molecule has 1 fully saturated rings. The van der Waals surface area contributed by atoms with Gasteiger partial charge in [-0.05, 0) is 79.1 Å². The van der Waals surface area contributed by atoms with Gasteiger partial charge in [0.1, 0.15) is 11.5 Å². The Balaban J connectivity index is 1.62. The number of ether oxygens (including phenoxy) is 1. The van der Waals surface area contributed by atoms with E-state index < -0.39 is 17.8 Å². The summed E-state index contributed by atoms with van der Waals surface area (Å²) in [5.74, 6) is 0.929. The molecule has 0 bridgehead atoms. The molecule has 2 atom stereocenters. The maximum atomic E-state index is 13.3. The van der Waals surface area contributed by atoms with E-state index in [1.807, 2.05) is 0 Å². The quantitative estimate of drug-likeness (QED) is 0.334. The first-order valence-corrected chi connectivity index (χ1v) is 11.7. The number of benzene rings is 3. The van der Waals surface area contributed by atoms with Crippen molar-refractivity contribution in [3.8, 4) is 11.5 Å². The van der Waals surface area contributed by atoms with Crippen LogP contribution >= 0.6 is 11.6 Å². The van der Waals surface area contributed by atoms with Crippen LogP contribution in [0.25, 0.3) is 0 Å². The smallest absolute Gasteiger partial charge is 0.416 e. The number of hydrogen-bond donors (Lipinski definition) is 0. The first-order valence-electron chi connectivity index (χ1n) is 11.3. The normalized spacial score (nSPS) is 18.4. The van der Waals surface area contributed by atoms with Gasteiger partial charge >= 0.3 is 6.18 Å². The highest BCUT2D eigenvalue weighted by Crippen LogP contribution is 2.43. The van der Waals surface area contributed by atoms with Gasteiger partial charge < -0.3 is 9.64 Å². The molecule has 34 heavy (non-hydrogen) atoms. The number of amides is 1. The van der Waals surface area contributed by atoms with Gasteiger partial charge in [0.2, 0.25) is 5.91 Å². The molecule has 1 aliphatic heterocycles. The molecule has 3 nitrogen and oxygen atoms in total. The number of unbranched alkanes of at least 4 members (excludes halogenated alkanes) is 1. The molecule has 3 aromatic rings. The van der Waals surface area contributed by atoms with Crippen LogP contribution in [0.3, 0.4) is 0 Å². The summed E-state index contributed by atoms with van der Waals surface area (Å²) in [7, 11) is 0. The fourth-order valence-electron chi connectivity index (χ4n) is 4.35. The minimum atomic E-state index is -4.44. The van der Waals surface area contributed by atoms with Gasteiger partial charge in [-0.1, -0.05) is 43.5 Å². The molecule has 4 rings (SSSR count). The first-order chi connectivity index (χ1) is 16.3. The van der Waals surface area contributed by atoms with Gasteiger partial charge in [0.05, 0.1) is 11.6 Å². The Morgan fingerprint density at radius 3 is 2.26 bits per heavy atom. The molecule has 178 valence electrons. The van der Waals surface area contributed by atoms with Crippen molar-refractivity contribution < 1.29 is 22.7 Å². The van der Waals surface area contributed by atoms with Gasteiger partial charge in [0.25, 0.3) is 0 Å². The summed E-state index contributed by atoms with van der Waals surface area (Å²) >= 11 is 5.91. The van der Waals surface area contributed by atoms with E-state index in [1.54, 1.807) is 59.5 Å². The summed E-state index contributed by atoms with van der Waals surface area (Å²) in [6.45, 7) is 2.06. The molecular formula is C27H25ClF3NO2. The maximum absolute atomic E-state index is 13.3. The van der Waals surface area contributed by atoms with Crippen molar-refractivity contribution in [2.24, 2.45) is 5.92 Å². The van der Waals surface area contributed by atoms with Gasteiger partial charge in [-0.15, -0.1) is 0 Å². The minimum Gasteiger partial charge on any atom is -0.457 e. The van der Waals surface area contributed by atoms with Crippen molar-refractivity contribution in [2.45, 2.75) is 44.8 Å². The molecule has 0 aromatic heterocycles. The van der Waals surface area contributed by atoms with E-state index in [2.05, 4.69) is 6.92 Å². The van der Waals surface area contributed by atoms with Crippen molar-refractivity contribution in [1.29, 1.82) is 0 Å². The molecule has 1 amide bonds. The topological polar surface area (TPSA) is 29.5 Å². The van der Waals surface area contributed by atoms with E-state index >= 15 is 0 Å². The maximum Gasteiger partial charge on any atom is 0.416 e. The Morgan fingerprint density at radius 2 is 1.65 bits per heavy atom. The van der Waals surface area contributed by atoms with E-state index in [0.29, 0.717) is 34.2 Å². The minimum absolute atomic E-state index is 0.0535. The van der Waals surface area contributed by atoms with Crippen molar-refractivity contribution in [3.05, 3.63) is 88.9 Å². The molecule has 7 heteroatoms. The predicted octanol–water partition coefficient (Wildman–Crippen LogP) is 8.44. The second-order valence-electron chi connectivity index (χ2n) is 8.47. The van der Waals surface area contributed by atoms with Crippen LogP contribution in [0.4, 0.5) is 18.9 Å². The molecule has 1 saturated heterocycles. The summed E-state index contributed by atoms with van der Waals surface area (Å²) in [4.78, 5) is 15.0. The van der Waals surface area contributed by atoms with Crippen molar-refractivity contribution in [2.75, 3.05) is 4.90 Å². The SMILES string of the molecule is CCCC[C@H]1C[C@H](c2cccc(C(F)(F)F)c2)N(c2ccc(Oc3ccc(Cl)cc3)cc2)C1=O. The lowest BCUT2D eigenvalue weighted by Gasteiger charge is -2.26. The van der Waals surface area contributed by atoms with E-state index in [1.165, 1.54) is 6.07 Å². The van der Waals surface area contributed by atoms with Crippen molar-refractivity contribution >= 4 is 23.2 Å². The number of carbonyl (C=O) groups excluding carboxylic acids is 1. The molecule has 0 unspecified atom stereocenters. The molecule has 1 aliphatic rings. The Bertz CT molecular complexity index is 1130. The van der Waals surface area contributed by atoms with E-state index in [0.717, 1.165) is 31.4 Å². The van der Waals surface area contributed by atoms with Gasteiger partial charge in [-0.25, -0.2) is 0 Å². The second-order valence-corrected chi connectivity index (χ2v) is 8.91. The molecule has 1 heterocycles. The Labute approximate surface area is 202 Å². The first kappa shape index (κ1) is 24.1. The standard InChI is InChI=1S/C27H25ClF3NO2/c1-2-3-5-19-17-25(18-6-4-7-20(16-18)27(29,30)31)32(26(19)33)22-10-14-24(15-11-22)34-23-12-8-21(28)9-13-23/h4,6-16,19,25H,2-3,5,17H2,1H3/t19-,25+/m0/s1. The number of hydrogen-bond acceptors (Lipinski definition) is 2. The van der Waals surface area contributed by atoms with Crippen LogP contribution in [0.1, 0.15) is 49.8 Å². The van der Waals surface area contributed by atoms with Crippen molar-refractivity contribution in [1.82, 2.24) is 0 Å². The van der Waals surface area contributed by atoms with Gasteiger partial charge in [-0.2, -0.15) is 13.2 Å². The largest absolute Gasteiger partial charge is 0.457 e. The van der Waals surface area contributed by atoms with E-state index in [-0.39, 0.29) is 11.8 Å². The number of halogens is 4. The highest BCUT2D eigenvalue weighted by molar-refractivity contribution is 6.30. The predicted molar refractivity (Wildman–Crippen MR) is 127 cm³/mol. The number of alkyl halides is 3. The zero-order valence-corrected chi connectivity index (χ0v) is 19.4. The van der Waals surface area contributed by atoms with Crippen LogP contribution in [0.15, 0.2) is 72.8 Å². The molecule has 3 aromatic carbocycles. The lowest BCUT2D eigenvalue weighted by atomic mass is 9.94. The van der Waals surface area contributed by atoms with Gasteiger partial charge in [-0.3, -0.25) is 4.79 Å². The van der Waals surface area contributed by atoms with Crippen LogP contribution in [0.5, 0.6) is 11.5 Å². The van der Waals surface area contributed by atoms with Crippen LogP contribution < -0.4 is 9.64 Å². The average Bonchev–Trinajstić information content (AvgIpc) is 3.15. The fraction of sp³-hybridized carbons (Fsp3) is 0.296. The fourth-order valence-corrected chi connectivity index (χ4v) is 4.47. The van der Waals surface area contributed by atoms with E-state index in [9.17, 15) is 18.0 Å². The third kappa shape index (κ3) is 5.39. The zero-order valence-electron chi connectivity index (χ0n) is 18.7. The third-order valence-electron chi connectivity index (χ3n) is 6.08. The van der Waals surface area contributed by atoms with Crippen LogP contribution in [-0.2, 0) is 11.0 Å². The third-order valence-corrected chi connectivity index (χ3v) is 6.33. The second kappa shape index (κ2) is 10.1. The van der Waals surface area contributed by atoms with Gasteiger partial charge in [0, 0.05) is 16.6 Å². The molecule has 0 saturated carbocycles. The highest BCUT2D eigenvalue weighted by atomic mass is 35.5. The summed E-state index contributed by atoms with van der Waals surface area (Å²) in [6, 6.07) is 18.8. The zero-order chi connectivity index (χ0) is 24.3. The monoisotopic (exact) mass is 487 g/mol. The number of anilines is 1. The lowest BCUT2D eigenvalue weighted by Crippen LogP contribution is -2.29.